The first-order valence-electron chi connectivity index (χ1n) is 14.1. The Balaban J connectivity index is 0.000000165. The highest BCUT2D eigenvalue weighted by molar-refractivity contribution is 7.19. The van der Waals surface area contributed by atoms with Crippen LogP contribution in [-0.2, 0) is 27.4 Å². The van der Waals surface area contributed by atoms with Gasteiger partial charge in [-0.25, -0.2) is 4.79 Å². The number of fused-ring (bicyclic) bond motifs is 2. The molecule has 5 heteroatoms. The van der Waals surface area contributed by atoms with Crippen molar-refractivity contribution in [3.05, 3.63) is 86.4 Å². The van der Waals surface area contributed by atoms with Crippen molar-refractivity contribution in [3.63, 3.8) is 0 Å². The average molecular weight is 579 g/mol. The maximum Gasteiger partial charge on any atom is 0.348 e. The van der Waals surface area contributed by atoms with E-state index in [4.69, 9.17) is 9.47 Å². The van der Waals surface area contributed by atoms with E-state index >= 15 is 0 Å². The highest BCUT2D eigenvalue weighted by Gasteiger charge is 2.20. The van der Waals surface area contributed by atoms with E-state index in [9.17, 15) is 4.79 Å². The summed E-state index contributed by atoms with van der Waals surface area (Å²) in [5, 5.41) is 1.37. The number of hydrogen-bond acceptors (Lipinski definition) is 5. The molecule has 0 bridgehead atoms. The molecule has 1 aliphatic rings. The van der Waals surface area contributed by atoms with Crippen LogP contribution in [0.2, 0.25) is 0 Å². The van der Waals surface area contributed by atoms with Gasteiger partial charge in [-0.1, -0.05) is 92.6 Å². The van der Waals surface area contributed by atoms with Crippen molar-refractivity contribution in [2.45, 2.75) is 91.9 Å². The highest BCUT2D eigenvalue weighted by atomic mass is 32.1. The minimum atomic E-state index is -0.215. The highest BCUT2D eigenvalue weighted by Crippen LogP contribution is 2.34. The molecule has 4 aromatic rings. The zero-order chi connectivity index (χ0) is 29.7. The third-order valence-electron chi connectivity index (χ3n) is 6.54. The predicted octanol–water partition coefficient (Wildman–Crippen LogP) is 10.3. The van der Waals surface area contributed by atoms with E-state index in [1.807, 2.05) is 30.4 Å². The van der Waals surface area contributed by atoms with E-state index in [1.165, 1.54) is 42.3 Å². The second kappa shape index (κ2) is 12.9. The van der Waals surface area contributed by atoms with Crippen LogP contribution in [0.5, 0.6) is 5.75 Å². The Morgan fingerprint density at radius 1 is 0.800 bits per heavy atom. The van der Waals surface area contributed by atoms with Crippen molar-refractivity contribution >= 4 is 38.7 Å². The summed E-state index contributed by atoms with van der Waals surface area (Å²) in [6.07, 6.45) is 1.07. The molecule has 0 fully saturated rings. The lowest BCUT2D eigenvalue weighted by atomic mass is 9.86. The van der Waals surface area contributed by atoms with Crippen LogP contribution in [0.15, 0.2) is 60.7 Å². The van der Waals surface area contributed by atoms with Crippen LogP contribution in [0.25, 0.3) is 10.1 Å². The van der Waals surface area contributed by atoms with Gasteiger partial charge in [0.05, 0.1) is 13.2 Å². The molecule has 2 aromatic carbocycles. The van der Waals surface area contributed by atoms with Crippen molar-refractivity contribution in [2.24, 2.45) is 0 Å². The van der Waals surface area contributed by atoms with Crippen LogP contribution in [0.4, 0.5) is 0 Å². The molecule has 3 nitrogen and oxygen atoms in total. The molecule has 0 saturated heterocycles. The van der Waals surface area contributed by atoms with Crippen LogP contribution in [0, 0.1) is 0 Å². The number of ether oxygens (including phenoxy) is 2. The molecular formula is C35H46O3S2. The molecule has 0 unspecified atom stereocenters. The quantitative estimate of drug-likeness (QED) is 0.222. The number of esters is 1. The SMILES string of the molecule is CC(C)(C)c1cc2ccccc2s1.CC(C)(C)c1ccc2c(c1)CCO2.CCOC(=O)c1ccc(C(C)(C)C)s1. The molecule has 0 saturated carbocycles. The van der Waals surface area contributed by atoms with E-state index < -0.39 is 0 Å². The van der Waals surface area contributed by atoms with E-state index in [1.54, 1.807) is 0 Å². The van der Waals surface area contributed by atoms with Gasteiger partial charge in [-0.15, -0.1) is 22.7 Å². The largest absolute Gasteiger partial charge is 0.493 e. The Morgan fingerprint density at radius 3 is 2.05 bits per heavy atom. The summed E-state index contributed by atoms with van der Waals surface area (Å²) in [7, 11) is 0. The number of hydrogen-bond donors (Lipinski definition) is 0. The van der Waals surface area contributed by atoms with Gasteiger partial charge in [-0.05, 0) is 70.0 Å². The van der Waals surface area contributed by atoms with Crippen molar-refractivity contribution < 1.29 is 14.3 Å². The maximum atomic E-state index is 11.4. The fourth-order valence-corrected chi connectivity index (χ4v) is 6.14. The summed E-state index contributed by atoms with van der Waals surface area (Å²) in [4.78, 5) is 14.7. The van der Waals surface area contributed by atoms with E-state index in [2.05, 4.69) is 111 Å². The molecule has 0 spiro atoms. The van der Waals surface area contributed by atoms with Gasteiger partial charge >= 0.3 is 5.97 Å². The molecule has 5 rings (SSSR count). The maximum absolute atomic E-state index is 11.4. The lowest BCUT2D eigenvalue weighted by Crippen LogP contribution is -2.10. The fraction of sp³-hybridized carbons (Fsp3) is 0.457. The normalized spacial score (nSPS) is 12.9. The lowest BCUT2D eigenvalue weighted by molar-refractivity contribution is 0.0532. The van der Waals surface area contributed by atoms with Crippen molar-refractivity contribution in [1.29, 1.82) is 0 Å². The molecule has 2 aromatic heterocycles. The second-order valence-electron chi connectivity index (χ2n) is 13.2. The number of benzene rings is 2. The van der Waals surface area contributed by atoms with Crippen LogP contribution >= 0.6 is 22.7 Å². The van der Waals surface area contributed by atoms with Crippen LogP contribution in [-0.4, -0.2) is 19.2 Å². The van der Waals surface area contributed by atoms with Gasteiger partial charge in [0.15, 0.2) is 0 Å². The van der Waals surface area contributed by atoms with Crippen LogP contribution in [0.3, 0.4) is 0 Å². The molecule has 3 heterocycles. The van der Waals surface area contributed by atoms with Crippen molar-refractivity contribution in [3.8, 4) is 5.75 Å². The first-order valence-corrected chi connectivity index (χ1v) is 15.8. The summed E-state index contributed by atoms with van der Waals surface area (Å²) >= 11 is 3.42. The number of thiophene rings is 2. The minimum Gasteiger partial charge on any atom is -0.493 e. The van der Waals surface area contributed by atoms with Crippen molar-refractivity contribution in [2.75, 3.05) is 13.2 Å². The molecule has 0 radical (unpaired) electrons. The van der Waals surface area contributed by atoms with Gasteiger partial charge in [-0.3, -0.25) is 0 Å². The summed E-state index contributed by atoms with van der Waals surface area (Å²) in [5.41, 5.74) is 3.40. The molecule has 0 amide bonds. The third-order valence-corrected chi connectivity index (χ3v) is 9.57. The summed E-state index contributed by atoms with van der Waals surface area (Å²) in [6, 6.07) is 21.3. The minimum absolute atomic E-state index is 0.107. The fourth-order valence-electron chi connectivity index (χ4n) is 4.06. The standard InChI is InChI=1S/C12H16O.C12H14S.C11H16O2S/c1-12(2,3)10-4-5-11-9(8-10)6-7-13-11;1-12(2,3)11-8-9-6-4-5-7-10(9)13-11;1-5-13-10(12)8-6-7-9(14-8)11(2,3)4/h4-5,8H,6-7H2,1-3H3;4-8H,1-3H3;6-7H,5H2,1-4H3. The number of carbonyl (C=O) groups excluding carboxylic acids is 1. The Hall–Kier alpha value is -2.63. The molecule has 216 valence electrons. The molecule has 1 aliphatic heterocycles. The Labute approximate surface area is 249 Å². The first-order chi connectivity index (χ1) is 18.6. The Morgan fingerprint density at radius 2 is 1.48 bits per heavy atom. The molecule has 0 N–H and O–H groups in total. The number of carbonyl (C=O) groups is 1. The zero-order valence-corrected chi connectivity index (χ0v) is 27.6. The van der Waals surface area contributed by atoms with Crippen molar-refractivity contribution in [1.82, 2.24) is 0 Å². The predicted molar refractivity (Wildman–Crippen MR) is 174 cm³/mol. The second-order valence-corrected chi connectivity index (χ2v) is 15.4. The number of rotatable bonds is 2. The van der Waals surface area contributed by atoms with Gasteiger partial charge in [0.25, 0.3) is 0 Å². The van der Waals surface area contributed by atoms with Gasteiger partial charge < -0.3 is 9.47 Å². The first kappa shape index (κ1) is 31.9. The summed E-state index contributed by atoms with van der Waals surface area (Å²) in [6.45, 7) is 23.0. The van der Waals surface area contributed by atoms with Gasteiger partial charge in [0, 0.05) is 20.9 Å². The summed E-state index contributed by atoms with van der Waals surface area (Å²) in [5.74, 6) is 0.862. The van der Waals surface area contributed by atoms with Gasteiger partial charge in [0.1, 0.15) is 10.6 Å². The lowest BCUT2D eigenvalue weighted by Gasteiger charge is -2.19. The molecule has 0 atom stereocenters. The van der Waals surface area contributed by atoms with E-state index in [-0.39, 0.29) is 22.2 Å². The van der Waals surface area contributed by atoms with E-state index in [0.29, 0.717) is 11.5 Å². The Kier molecular flexibility index (Phi) is 10.3. The Bertz CT molecular complexity index is 1370. The van der Waals surface area contributed by atoms with Gasteiger partial charge in [0.2, 0.25) is 0 Å². The van der Waals surface area contributed by atoms with Crippen LogP contribution in [0.1, 0.15) is 99.8 Å². The smallest absolute Gasteiger partial charge is 0.348 e. The monoisotopic (exact) mass is 578 g/mol. The third kappa shape index (κ3) is 8.68. The van der Waals surface area contributed by atoms with Crippen LogP contribution < -0.4 is 4.74 Å². The molecular weight excluding hydrogens is 533 g/mol. The molecule has 0 aliphatic carbocycles. The van der Waals surface area contributed by atoms with E-state index in [0.717, 1.165) is 18.8 Å². The summed E-state index contributed by atoms with van der Waals surface area (Å²) < 4.78 is 11.8. The van der Waals surface area contributed by atoms with Gasteiger partial charge in [-0.2, -0.15) is 0 Å². The zero-order valence-electron chi connectivity index (χ0n) is 25.9. The molecule has 40 heavy (non-hydrogen) atoms. The topological polar surface area (TPSA) is 35.5 Å². The average Bonchev–Trinajstić information content (AvgIpc) is 3.62.